The molecule has 2 saturated heterocycles. The molecule has 12 atom stereocenters. The molecule has 0 radical (unpaired) electrons. The highest BCUT2D eigenvalue weighted by molar-refractivity contribution is 5.76. The number of ether oxygens (including phenoxy) is 4. The van der Waals surface area contributed by atoms with Crippen LogP contribution in [0.25, 0.3) is 0 Å². The first-order valence-corrected chi connectivity index (χ1v) is 34.9. The van der Waals surface area contributed by atoms with Gasteiger partial charge in [0.05, 0.1) is 32.0 Å². The van der Waals surface area contributed by atoms with Crippen LogP contribution in [0.15, 0.2) is 48.6 Å². The second kappa shape index (κ2) is 55.1. The SMILES string of the molecule is CCCCCCCCCC/C=C\CCCCCCCCCCCCCC(=O)NC(COC1OC(CO)C(OC2OC(CO)C(O)C(O)C2O)C(O)C1O)C(O)/C=C/CC/C=C/CC/C=C/CCCCCCCCCCCCCCCCCCC. The maximum Gasteiger partial charge on any atom is 0.220 e. The molecule has 0 bridgehead atoms. The largest absolute Gasteiger partial charge is 0.394 e. The van der Waals surface area contributed by atoms with Gasteiger partial charge in [0, 0.05) is 6.42 Å². The van der Waals surface area contributed by atoms with Crippen LogP contribution in [0.2, 0.25) is 0 Å². The second-order valence-corrected chi connectivity index (χ2v) is 24.6. The van der Waals surface area contributed by atoms with E-state index in [1.807, 2.05) is 6.08 Å². The van der Waals surface area contributed by atoms with Crippen molar-refractivity contribution >= 4 is 5.91 Å². The van der Waals surface area contributed by atoms with Crippen LogP contribution in [0, 0.1) is 0 Å². The van der Waals surface area contributed by atoms with Crippen molar-refractivity contribution in [2.45, 2.75) is 370 Å². The molecule has 0 saturated carbocycles. The van der Waals surface area contributed by atoms with E-state index in [1.165, 1.54) is 218 Å². The molecule has 84 heavy (non-hydrogen) atoms. The number of aliphatic hydroxyl groups is 8. The van der Waals surface area contributed by atoms with Crippen LogP contribution in [0.4, 0.5) is 0 Å². The molecule has 2 aliphatic heterocycles. The zero-order chi connectivity index (χ0) is 60.9. The van der Waals surface area contributed by atoms with Gasteiger partial charge < -0.3 is 65.1 Å². The Morgan fingerprint density at radius 2 is 0.762 bits per heavy atom. The first kappa shape index (κ1) is 78.0. The summed E-state index contributed by atoms with van der Waals surface area (Å²) in [6, 6.07) is -0.940. The van der Waals surface area contributed by atoms with Crippen molar-refractivity contribution in [3.8, 4) is 0 Å². The standard InChI is InChI=1S/C70H129NO13/c1-3-5-7-9-11-13-15-17-19-21-23-25-27-28-29-30-32-33-35-37-39-41-43-45-47-49-51-53-59(74)58(57-81-69-67(80)65(78)68(61(56-73)83-69)84-70-66(79)64(77)63(76)60(55-72)82-70)71-62(75)54-52-50-48-46-44-42-40-38-36-34-31-26-24-22-20-18-16-14-12-10-8-6-4-2/h22,24,35,37,43,45,51,53,58-61,63-70,72-74,76-80H,3-21,23,25-34,36,38-42,44,46-50,52,54-57H2,1-2H3,(H,71,75)/b24-22-,37-35+,45-43+,53-51+. The lowest BCUT2D eigenvalue weighted by Gasteiger charge is -2.46. The topological polar surface area (TPSA) is 228 Å². The van der Waals surface area contributed by atoms with Crippen LogP contribution in [-0.4, -0.2) is 140 Å². The third-order valence-electron chi connectivity index (χ3n) is 17.0. The molecule has 2 fully saturated rings. The first-order valence-electron chi connectivity index (χ1n) is 34.9. The normalized spacial score (nSPS) is 23.9. The summed E-state index contributed by atoms with van der Waals surface area (Å²) in [5, 5.41) is 87.4. The summed E-state index contributed by atoms with van der Waals surface area (Å²) in [7, 11) is 0. The fraction of sp³-hybridized carbons (Fsp3) is 0.871. The molecule has 14 nitrogen and oxygen atoms in total. The molecule has 9 N–H and O–H groups in total. The first-order chi connectivity index (χ1) is 41.1. The van der Waals surface area contributed by atoms with E-state index >= 15 is 0 Å². The van der Waals surface area contributed by atoms with Crippen molar-refractivity contribution in [3.63, 3.8) is 0 Å². The molecule has 0 aromatic carbocycles. The van der Waals surface area contributed by atoms with E-state index in [1.54, 1.807) is 6.08 Å². The number of allylic oxidation sites excluding steroid dienone is 7. The van der Waals surface area contributed by atoms with Gasteiger partial charge in [-0.2, -0.15) is 0 Å². The quantitative estimate of drug-likeness (QED) is 0.0204. The smallest absolute Gasteiger partial charge is 0.220 e. The van der Waals surface area contributed by atoms with Crippen LogP contribution in [-0.2, 0) is 23.7 Å². The lowest BCUT2D eigenvalue weighted by atomic mass is 9.97. The molecule has 0 aliphatic carbocycles. The van der Waals surface area contributed by atoms with E-state index in [0.29, 0.717) is 12.8 Å². The molecule has 0 spiro atoms. The van der Waals surface area contributed by atoms with Crippen molar-refractivity contribution in [3.05, 3.63) is 48.6 Å². The molecule has 1 amide bonds. The van der Waals surface area contributed by atoms with Crippen molar-refractivity contribution in [1.29, 1.82) is 0 Å². The van der Waals surface area contributed by atoms with Crippen LogP contribution >= 0.6 is 0 Å². The molecule has 492 valence electrons. The lowest BCUT2D eigenvalue weighted by molar-refractivity contribution is -0.359. The molecule has 2 rings (SSSR count). The van der Waals surface area contributed by atoms with E-state index in [-0.39, 0.29) is 18.9 Å². The molecule has 0 aromatic heterocycles. The van der Waals surface area contributed by atoms with Gasteiger partial charge in [-0.1, -0.05) is 268 Å². The summed E-state index contributed by atoms with van der Waals surface area (Å²) >= 11 is 0. The van der Waals surface area contributed by atoms with Crippen LogP contribution in [0.1, 0.15) is 296 Å². The molecule has 2 aliphatic rings. The molecule has 0 aromatic rings. The molecule has 14 heteroatoms. The van der Waals surface area contributed by atoms with Gasteiger partial charge >= 0.3 is 0 Å². The maximum atomic E-state index is 13.3. The Morgan fingerprint density at radius 1 is 0.417 bits per heavy atom. The molecular weight excluding hydrogens is 1060 g/mol. The average molecular weight is 1190 g/mol. The van der Waals surface area contributed by atoms with E-state index in [4.69, 9.17) is 18.9 Å². The maximum absolute atomic E-state index is 13.3. The van der Waals surface area contributed by atoms with Gasteiger partial charge in [-0.15, -0.1) is 0 Å². The van der Waals surface area contributed by atoms with Gasteiger partial charge in [-0.25, -0.2) is 0 Å². The fourth-order valence-electron chi connectivity index (χ4n) is 11.4. The molecular formula is C70H129NO13. The predicted octanol–water partition coefficient (Wildman–Crippen LogP) is 13.9. The van der Waals surface area contributed by atoms with Gasteiger partial charge in [-0.3, -0.25) is 4.79 Å². The van der Waals surface area contributed by atoms with E-state index in [2.05, 4.69) is 55.6 Å². The van der Waals surface area contributed by atoms with Gasteiger partial charge in [0.15, 0.2) is 12.6 Å². The second-order valence-electron chi connectivity index (χ2n) is 24.6. The summed E-state index contributed by atoms with van der Waals surface area (Å²) in [5.41, 5.74) is 0. The lowest BCUT2D eigenvalue weighted by Crippen LogP contribution is -2.65. The van der Waals surface area contributed by atoms with Crippen molar-refractivity contribution < 1.29 is 64.6 Å². The Bertz CT molecular complexity index is 1590. The highest BCUT2D eigenvalue weighted by Gasteiger charge is 2.51. The number of carbonyl (C=O) groups excluding carboxylic acids is 1. The van der Waals surface area contributed by atoms with E-state index < -0.39 is 86.8 Å². The zero-order valence-electron chi connectivity index (χ0n) is 53.4. The highest BCUT2D eigenvalue weighted by atomic mass is 16.7. The molecule has 2 heterocycles. The number of carbonyl (C=O) groups is 1. The van der Waals surface area contributed by atoms with Gasteiger partial charge in [0.25, 0.3) is 0 Å². The highest BCUT2D eigenvalue weighted by Crippen LogP contribution is 2.30. The minimum Gasteiger partial charge on any atom is -0.394 e. The minimum atomic E-state index is -1.79. The van der Waals surface area contributed by atoms with Crippen LogP contribution < -0.4 is 5.32 Å². The number of aliphatic hydroxyl groups excluding tert-OH is 8. The van der Waals surface area contributed by atoms with Crippen molar-refractivity contribution in [2.75, 3.05) is 19.8 Å². The number of unbranched alkanes of at least 4 members (excludes halogenated alkanes) is 38. The summed E-state index contributed by atoms with van der Waals surface area (Å²) < 4.78 is 22.8. The van der Waals surface area contributed by atoms with Crippen LogP contribution in [0.5, 0.6) is 0 Å². The Morgan fingerprint density at radius 3 is 1.17 bits per heavy atom. The average Bonchev–Trinajstić information content (AvgIpc) is 3.18. The number of hydrogen-bond donors (Lipinski definition) is 9. The Hall–Kier alpha value is -2.05. The summed E-state index contributed by atoms with van der Waals surface area (Å²) in [5.74, 6) is -0.251. The van der Waals surface area contributed by atoms with Gasteiger partial charge in [-0.05, 0) is 70.6 Å². The van der Waals surface area contributed by atoms with Gasteiger partial charge in [0.2, 0.25) is 5.91 Å². The number of amides is 1. The molecule has 12 unspecified atom stereocenters. The van der Waals surface area contributed by atoms with Crippen molar-refractivity contribution in [2.24, 2.45) is 0 Å². The third-order valence-corrected chi connectivity index (χ3v) is 17.0. The Balaban J connectivity index is 1.72. The van der Waals surface area contributed by atoms with E-state index in [9.17, 15) is 45.6 Å². The minimum absolute atomic E-state index is 0.251. The third kappa shape index (κ3) is 39.1. The summed E-state index contributed by atoms with van der Waals surface area (Å²) in [6.45, 7) is 2.81. The monoisotopic (exact) mass is 1190 g/mol. The fourth-order valence-corrected chi connectivity index (χ4v) is 11.4. The van der Waals surface area contributed by atoms with Crippen LogP contribution in [0.3, 0.4) is 0 Å². The van der Waals surface area contributed by atoms with Gasteiger partial charge in [0.1, 0.15) is 48.8 Å². The number of nitrogens with one attached hydrogen (secondary N) is 1. The summed E-state index contributed by atoms with van der Waals surface area (Å²) in [4.78, 5) is 13.3. The Labute approximate surface area is 512 Å². The van der Waals surface area contributed by atoms with E-state index in [0.717, 1.165) is 44.9 Å². The Kier molecular flexibility index (Phi) is 51.1. The number of hydrogen-bond acceptors (Lipinski definition) is 13. The van der Waals surface area contributed by atoms with Crippen molar-refractivity contribution in [1.82, 2.24) is 5.32 Å². The number of rotatable bonds is 57. The predicted molar refractivity (Wildman–Crippen MR) is 341 cm³/mol. The summed E-state index contributed by atoms with van der Waals surface area (Å²) in [6.07, 6.45) is 54.5. The zero-order valence-corrected chi connectivity index (χ0v) is 53.4.